The lowest BCUT2D eigenvalue weighted by Crippen LogP contribution is -2.35. The van der Waals surface area contributed by atoms with Gasteiger partial charge in [0.2, 0.25) is 0 Å². The molecule has 3 nitrogen and oxygen atoms in total. The average molecular weight is 277 g/mol. The lowest BCUT2D eigenvalue weighted by Gasteiger charge is -2.35. The molecule has 0 aromatic carbocycles. The molecule has 104 valence electrons. The highest BCUT2D eigenvalue weighted by atomic mass is 32.1. The molecule has 0 radical (unpaired) electrons. The van der Waals surface area contributed by atoms with Gasteiger partial charge in [-0.05, 0) is 43.7 Å². The van der Waals surface area contributed by atoms with E-state index in [2.05, 4.69) is 23.9 Å². The van der Waals surface area contributed by atoms with Gasteiger partial charge < -0.3 is 10.6 Å². The third-order valence-corrected chi connectivity index (χ3v) is 4.55. The van der Waals surface area contributed by atoms with Crippen LogP contribution in [0.5, 0.6) is 0 Å². The van der Waals surface area contributed by atoms with E-state index in [-0.39, 0.29) is 0 Å². The number of hydrogen-bond acceptors (Lipinski definition) is 3. The zero-order valence-corrected chi connectivity index (χ0v) is 12.6. The van der Waals surface area contributed by atoms with Crippen LogP contribution in [0.1, 0.15) is 44.7 Å². The van der Waals surface area contributed by atoms with Gasteiger partial charge in [-0.1, -0.05) is 25.6 Å². The van der Waals surface area contributed by atoms with Crippen molar-refractivity contribution >= 4 is 22.9 Å². The smallest absolute Gasteiger partial charge is 0.122 e. The highest BCUT2D eigenvalue weighted by Gasteiger charge is 2.23. The molecule has 0 unspecified atom stereocenters. The Bertz CT molecular complexity index is 439. The van der Waals surface area contributed by atoms with Crippen molar-refractivity contribution < 1.29 is 0 Å². The van der Waals surface area contributed by atoms with E-state index >= 15 is 0 Å². The maximum atomic E-state index is 5.65. The number of nitrogens with two attached hydrogens (primary N) is 1. The molecule has 1 aromatic rings. The minimum Gasteiger partial charge on any atom is -0.388 e. The first-order chi connectivity index (χ1) is 9.11. The summed E-state index contributed by atoms with van der Waals surface area (Å²) in [7, 11) is 2.16. The van der Waals surface area contributed by atoms with Gasteiger partial charge in [0.1, 0.15) is 4.99 Å². The van der Waals surface area contributed by atoms with Crippen LogP contribution in [0, 0.1) is 5.92 Å². The molecule has 4 heteroatoms. The minimum atomic E-state index is 0.366. The molecule has 0 spiro atoms. The summed E-state index contributed by atoms with van der Waals surface area (Å²) in [6, 6.07) is 4.66. The van der Waals surface area contributed by atoms with Crippen LogP contribution in [0.3, 0.4) is 0 Å². The molecule has 19 heavy (non-hydrogen) atoms. The van der Waals surface area contributed by atoms with Gasteiger partial charge in [0.15, 0.2) is 0 Å². The predicted octanol–water partition coefficient (Wildman–Crippen LogP) is 3.12. The Kier molecular flexibility index (Phi) is 4.75. The van der Waals surface area contributed by atoms with E-state index in [1.54, 1.807) is 6.20 Å². The van der Waals surface area contributed by atoms with Gasteiger partial charge in [0.25, 0.3) is 0 Å². The van der Waals surface area contributed by atoms with Crippen LogP contribution in [0.2, 0.25) is 0 Å². The summed E-state index contributed by atoms with van der Waals surface area (Å²) in [6.07, 6.45) is 8.35. The van der Waals surface area contributed by atoms with E-state index in [4.69, 9.17) is 18.0 Å². The third-order valence-electron chi connectivity index (χ3n) is 4.34. The fourth-order valence-electron chi connectivity index (χ4n) is 2.92. The van der Waals surface area contributed by atoms with Crippen molar-refractivity contribution in [1.82, 2.24) is 4.98 Å². The van der Waals surface area contributed by atoms with Gasteiger partial charge in [-0.3, -0.25) is 4.98 Å². The van der Waals surface area contributed by atoms with Gasteiger partial charge >= 0.3 is 0 Å². The van der Waals surface area contributed by atoms with E-state index in [0.29, 0.717) is 16.7 Å². The van der Waals surface area contributed by atoms with Gasteiger partial charge in [-0.2, -0.15) is 0 Å². The number of rotatable bonds is 4. The molecule has 0 amide bonds. The summed E-state index contributed by atoms with van der Waals surface area (Å²) in [4.78, 5) is 6.92. The molecular formula is C15H23N3S. The molecule has 0 saturated heterocycles. The number of hydrogen-bond donors (Lipinski definition) is 1. The van der Waals surface area contributed by atoms with E-state index in [1.165, 1.54) is 32.1 Å². The van der Waals surface area contributed by atoms with Crippen molar-refractivity contribution in [1.29, 1.82) is 0 Å². The highest BCUT2D eigenvalue weighted by molar-refractivity contribution is 7.80. The lowest BCUT2D eigenvalue weighted by molar-refractivity contribution is 0.313. The largest absolute Gasteiger partial charge is 0.388 e. The Hall–Kier alpha value is -1.16. The number of aromatic nitrogens is 1. The summed E-state index contributed by atoms with van der Waals surface area (Å²) < 4.78 is 0. The molecule has 1 aliphatic rings. The fraction of sp³-hybridized carbons (Fsp3) is 0.600. The van der Waals surface area contributed by atoms with Crippen molar-refractivity contribution in [3.63, 3.8) is 0 Å². The van der Waals surface area contributed by atoms with E-state index in [0.717, 1.165) is 11.6 Å². The molecule has 1 heterocycles. The average Bonchev–Trinajstić information content (AvgIpc) is 2.46. The quantitative estimate of drug-likeness (QED) is 0.859. The van der Waals surface area contributed by atoms with Crippen molar-refractivity contribution in [2.45, 2.75) is 45.1 Å². The van der Waals surface area contributed by atoms with Gasteiger partial charge in [-0.15, -0.1) is 0 Å². The van der Waals surface area contributed by atoms with Gasteiger partial charge in [0, 0.05) is 25.0 Å². The Labute approximate surface area is 121 Å². The fourth-order valence-corrected chi connectivity index (χ4v) is 3.04. The maximum Gasteiger partial charge on any atom is 0.122 e. The molecule has 1 fully saturated rings. The van der Waals surface area contributed by atoms with Crippen LogP contribution in [0.15, 0.2) is 18.3 Å². The summed E-state index contributed by atoms with van der Waals surface area (Å²) in [5.41, 5.74) is 7.52. The predicted molar refractivity (Wildman–Crippen MR) is 84.6 cm³/mol. The van der Waals surface area contributed by atoms with Crippen molar-refractivity contribution in [3.05, 3.63) is 24.0 Å². The Balaban J connectivity index is 2.05. The normalized spacial score (nSPS) is 23.1. The highest BCUT2D eigenvalue weighted by Crippen LogP contribution is 2.31. The zero-order valence-electron chi connectivity index (χ0n) is 11.8. The molecule has 1 aromatic heterocycles. The molecule has 0 atom stereocenters. The van der Waals surface area contributed by atoms with Crippen LogP contribution in [-0.4, -0.2) is 23.1 Å². The summed E-state index contributed by atoms with van der Waals surface area (Å²) in [5, 5.41) is 0. The molecule has 0 aliphatic heterocycles. The first-order valence-electron chi connectivity index (χ1n) is 7.10. The second kappa shape index (κ2) is 6.33. The zero-order chi connectivity index (χ0) is 13.8. The van der Waals surface area contributed by atoms with Gasteiger partial charge in [0.05, 0.1) is 5.69 Å². The molecule has 1 saturated carbocycles. The molecule has 0 bridgehead atoms. The topological polar surface area (TPSA) is 42.2 Å². The Morgan fingerprint density at radius 2 is 2.11 bits per heavy atom. The number of anilines is 1. The van der Waals surface area contributed by atoms with Crippen LogP contribution >= 0.6 is 12.2 Å². The van der Waals surface area contributed by atoms with Crippen molar-refractivity contribution in [2.75, 3.05) is 11.9 Å². The van der Waals surface area contributed by atoms with Crippen LogP contribution in [0.25, 0.3) is 0 Å². The number of nitrogens with zero attached hydrogens (tertiary/aromatic N) is 2. The first-order valence-corrected chi connectivity index (χ1v) is 7.51. The van der Waals surface area contributed by atoms with E-state index < -0.39 is 0 Å². The first kappa shape index (κ1) is 14.3. The molecule has 2 N–H and O–H groups in total. The molecular weight excluding hydrogens is 254 g/mol. The summed E-state index contributed by atoms with van der Waals surface area (Å²) in [6.45, 7) is 2.30. The standard InChI is InChI=1S/C15H23N3S/c1-3-11-4-6-12(7-5-11)18(2)13-8-9-17-14(10-13)15(16)19/h8-12H,3-7H2,1-2H3,(H2,16,19). The van der Waals surface area contributed by atoms with E-state index in [1.807, 2.05) is 12.1 Å². The maximum absolute atomic E-state index is 5.65. The molecule has 1 aliphatic carbocycles. The second-order valence-electron chi connectivity index (χ2n) is 5.46. The summed E-state index contributed by atoms with van der Waals surface area (Å²) >= 11 is 4.99. The third kappa shape index (κ3) is 3.44. The van der Waals surface area contributed by atoms with E-state index in [9.17, 15) is 0 Å². The Morgan fingerprint density at radius 1 is 1.42 bits per heavy atom. The van der Waals surface area contributed by atoms with Crippen molar-refractivity contribution in [3.8, 4) is 0 Å². The minimum absolute atomic E-state index is 0.366. The number of pyridine rings is 1. The SMILES string of the molecule is CCC1CCC(N(C)c2ccnc(C(N)=S)c2)CC1. The number of thiocarbonyl (C=S) groups is 1. The van der Waals surface area contributed by atoms with Crippen LogP contribution in [-0.2, 0) is 0 Å². The monoisotopic (exact) mass is 277 g/mol. The molecule has 2 rings (SSSR count). The van der Waals surface area contributed by atoms with Crippen LogP contribution in [0.4, 0.5) is 5.69 Å². The summed E-state index contributed by atoms with van der Waals surface area (Å²) in [5.74, 6) is 0.925. The van der Waals surface area contributed by atoms with Crippen LogP contribution < -0.4 is 10.6 Å². The Morgan fingerprint density at radius 3 is 2.68 bits per heavy atom. The van der Waals surface area contributed by atoms with Gasteiger partial charge in [-0.25, -0.2) is 0 Å². The lowest BCUT2D eigenvalue weighted by atomic mass is 9.84. The van der Waals surface area contributed by atoms with Crippen molar-refractivity contribution in [2.24, 2.45) is 11.7 Å². The second-order valence-corrected chi connectivity index (χ2v) is 5.90.